The van der Waals surface area contributed by atoms with Crippen molar-refractivity contribution in [1.82, 2.24) is 9.88 Å². The number of aliphatic hydroxyl groups is 1. The maximum Gasteiger partial charge on any atom is 0.0756 e. The molecule has 1 saturated heterocycles. The molecule has 0 radical (unpaired) electrons. The molecule has 1 aliphatic carbocycles. The molecule has 1 saturated carbocycles. The van der Waals surface area contributed by atoms with E-state index < -0.39 is 0 Å². The fourth-order valence-electron chi connectivity index (χ4n) is 6.53. The molecule has 3 heterocycles. The van der Waals surface area contributed by atoms with Crippen LogP contribution >= 0.6 is 15.9 Å². The van der Waals surface area contributed by atoms with Gasteiger partial charge in [0, 0.05) is 34.2 Å². The maximum atomic E-state index is 11.0. The molecule has 4 atom stereocenters. The van der Waals surface area contributed by atoms with Crippen molar-refractivity contribution in [1.29, 1.82) is 0 Å². The number of aromatic amines is 1. The van der Waals surface area contributed by atoms with E-state index >= 15 is 0 Å². The van der Waals surface area contributed by atoms with Gasteiger partial charge in [-0.05, 0) is 79.3 Å². The smallest absolute Gasteiger partial charge is 0.0756 e. The average Bonchev–Trinajstić information content (AvgIpc) is 3.13. The number of fused-ring (bicyclic) bond motifs is 6. The van der Waals surface area contributed by atoms with E-state index in [1.54, 1.807) is 0 Å². The third-order valence-corrected chi connectivity index (χ3v) is 8.61. The zero-order valence-corrected chi connectivity index (χ0v) is 19.5. The Morgan fingerprint density at radius 2 is 2.00 bits per heavy atom. The summed E-state index contributed by atoms with van der Waals surface area (Å²) in [7, 11) is 0. The van der Waals surface area contributed by atoms with Crippen LogP contribution in [0.5, 0.6) is 0 Å². The fraction of sp³-hybridized carbons (Fsp3) is 0.407. The summed E-state index contributed by atoms with van der Waals surface area (Å²) in [4.78, 5) is 6.52. The van der Waals surface area contributed by atoms with E-state index in [2.05, 4.69) is 81.3 Å². The minimum Gasteiger partial charge on any atom is -0.389 e. The van der Waals surface area contributed by atoms with Gasteiger partial charge in [-0.25, -0.2) is 0 Å². The minimum atomic E-state index is -0.321. The van der Waals surface area contributed by atoms with Gasteiger partial charge in [-0.15, -0.1) is 0 Å². The first-order valence-corrected chi connectivity index (χ1v) is 12.3. The molecule has 0 amide bonds. The van der Waals surface area contributed by atoms with Crippen molar-refractivity contribution in [2.24, 2.45) is 11.8 Å². The van der Waals surface area contributed by atoms with Crippen LogP contribution in [-0.4, -0.2) is 34.2 Å². The van der Waals surface area contributed by atoms with Crippen molar-refractivity contribution >= 4 is 32.9 Å². The van der Waals surface area contributed by atoms with E-state index in [9.17, 15) is 5.11 Å². The highest BCUT2D eigenvalue weighted by Gasteiger charge is 2.49. The van der Waals surface area contributed by atoms with Crippen LogP contribution in [0, 0.1) is 11.8 Å². The molecular formula is C27H29BrN2O. The Morgan fingerprint density at radius 1 is 1.16 bits per heavy atom. The van der Waals surface area contributed by atoms with E-state index in [0.717, 1.165) is 43.2 Å². The van der Waals surface area contributed by atoms with E-state index in [0.29, 0.717) is 11.8 Å². The van der Waals surface area contributed by atoms with Gasteiger partial charge in [0.15, 0.2) is 0 Å². The molecule has 3 nitrogen and oxygen atoms in total. The fourth-order valence-corrected chi connectivity index (χ4v) is 6.89. The van der Waals surface area contributed by atoms with Crippen LogP contribution in [0.25, 0.3) is 17.0 Å². The molecule has 160 valence electrons. The topological polar surface area (TPSA) is 39.3 Å². The molecule has 2 unspecified atom stereocenters. The number of nitrogens with zero attached hydrogens (tertiary/aromatic N) is 1. The van der Waals surface area contributed by atoms with Gasteiger partial charge >= 0.3 is 0 Å². The molecule has 6 rings (SSSR count). The van der Waals surface area contributed by atoms with Crippen molar-refractivity contribution in [2.75, 3.05) is 13.1 Å². The van der Waals surface area contributed by atoms with Crippen LogP contribution in [0.3, 0.4) is 0 Å². The molecule has 3 aliphatic rings. The first-order valence-electron chi connectivity index (χ1n) is 11.5. The highest BCUT2D eigenvalue weighted by atomic mass is 79.9. The zero-order chi connectivity index (χ0) is 21.2. The third-order valence-electron chi connectivity index (χ3n) is 8.12. The number of aliphatic hydroxyl groups excluding tert-OH is 1. The number of H-pyrrole nitrogens is 1. The zero-order valence-electron chi connectivity index (χ0n) is 17.9. The Balaban J connectivity index is 1.32. The molecule has 0 spiro atoms. The summed E-state index contributed by atoms with van der Waals surface area (Å²) in [6.45, 7) is 4.67. The van der Waals surface area contributed by atoms with Crippen LogP contribution in [0.1, 0.15) is 43.0 Å². The summed E-state index contributed by atoms with van der Waals surface area (Å²) in [6, 6.07) is 17.0. The number of rotatable bonds is 1. The van der Waals surface area contributed by atoms with Gasteiger partial charge in [-0.2, -0.15) is 0 Å². The van der Waals surface area contributed by atoms with E-state index in [-0.39, 0.29) is 11.6 Å². The average molecular weight is 477 g/mol. The summed E-state index contributed by atoms with van der Waals surface area (Å²) in [5.41, 5.74) is 6.59. The molecule has 0 bridgehead atoms. The highest BCUT2D eigenvalue weighted by molar-refractivity contribution is 9.10. The van der Waals surface area contributed by atoms with Gasteiger partial charge in [-0.3, -0.25) is 4.90 Å². The predicted octanol–water partition coefficient (Wildman–Crippen LogP) is 5.88. The van der Waals surface area contributed by atoms with E-state index in [1.807, 2.05) is 6.07 Å². The normalized spacial score (nSPS) is 32.0. The SMILES string of the molecule is C[C@@]12CC3C[C@H](O)/C(=C/c4ccccc4)CC3CN1CCc1c2[nH]c2ccc(Br)cc12. The van der Waals surface area contributed by atoms with Gasteiger partial charge in [0.25, 0.3) is 0 Å². The summed E-state index contributed by atoms with van der Waals surface area (Å²) >= 11 is 3.65. The monoisotopic (exact) mass is 476 g/mol. The Bertz CT molecular complexity index is 1170. The van der Waals surface area contributed by atoms with Crippen LogP contribution in [0.4, 0.5) is 0 Å². The minimum absolute atomic E-state index is 0.0284. The lowest BCUT2D eigenvalue weighted by atomic mass is 9.64. The predicted molar refractivity (Wildman–Crippen MR) is 130 cm³/mol. The third kappa shape index (κ3) is 3.23. The second-order valence-electron chi connectivity index (χ2n) is 9.95. The molecule has 2 aliphatic heterocycles. The summed E-state index contributed by atoms with van der Waals surface area (Å²) in [5, 5.41) is 12.4. The van der Waals surface area contributed by atoms with Crippen molar-refractivity contribution in [2.45, 2.75) is 44.2 Å². The van der Waals surface area contributed by atoms with Crippen LogP contribution in [0.15, 0.2) is 58.6 Å². The highest BCUT2D eigenvalue weighted by Crippen LogP contribution is 2.51. The molecule has 2 N–H and O–H groups in total. The number of aromatic nitrogens is 1. The number of halogens is 1. The maximum absolute atomic E-state index is 11.0. The standard InChI is InChI=1S/C27H29BrN2O/c1-27-15-19-13-25(31)18(11-17-5-3-2-4-6-17)12-20(19)16-30(27)10-9-22-23-14-21(28)7-8-24(23)29-26(22)27/h2-8,11,14,19-20,25,29,31H,9-10,12-13,15-16H2,1H3/b18-11+/t19?,20?,25-,27-/m0/s1. The van der Waals surface area contributed by atoms with Gasteiger partial charge < -0.3 is 10.1 Å². The molecular weight excluding hydrogens is 448 g/mol. The quantitative estimate of drug-likeness (QED) is 0.460. The summed E-state index contributed by atoms with van der Waals surface area (Å²) in [6.07, 6.45) is 6.02. The van der Waals surface area contributed by atoms with Gasteiger partial charge in [0.1, 0.15) is 0 Å². The molecule has 31 heavy (non-hydrogen) atoms. The first kappa shape index (κ1) is 19.8. The molecule has 3 aromatic rings. The summed E-state index contributed by atoms with van der Waals surface area (Å²) in [5.74, 6) is 1.19. The molecule has 1 aromatic heterocycles. The lowest BCUT2D eigenvalue weighted by Crippen LogP contribution is -2.57. The number of hydrogen-bond donors (Lipinski definition) is 2. The van der Waals surface area contributed by atoms with Crippen LogP contribution in [-0.2, 0) is 12.0 Å². The largest absolute Gasteiger partial charge is 0.389 e. The van der Waals surface area contributed by atoms with Crippen molar-refractivity contribution < 1.29 is 5.11 Å². The van der Waals surface area contributed by atoms with Gasteiger partial charge in [0.05, 0.1) is 11.6 Å². The Kier molecular flexibility index (Phi) is 4.68. The van der Waals surface area contributed by atoms with Gasteiger partial charge in [-0.1, -0.05) is 52.3 Å². The van der Waals surface area contributed by atoms with Crippen molar-refractivity contribution in [3.05, 3.63) is 75.4 Å². The lowest BCUT2D eigenvalue weighted by molar-refractivity contribution is -0.0402. The first-order chi connectivity index (χ1) is 15.0. The van der Waals surface area contributed by atoms with Crippen LogP contribution in [0.2, 0.25) is 0 Å². The summed E-state index contributed by atoms with van der Waals surface area (Å²) < 4.78 is 1.14. The number of benzene rings is 2. The van der Waals surface area contributed by atoms with Crippen LogP contribution < -0.4 is 0 Å². The Morgan fingerprint density at radius 3 is 2.84 bits per heavy atom. The second-order valence-corrected chi connectivity index (χ2v) is 10.9. The van der Waals surface area contributed by atoms with E-state index in [4.69, 9.17) is 0 Å². The van der Waals surface area contributed by atoms with Crippen molar-refractivity contribution in [3.8, 4) is 0 Å². The lowest BCUT2D eigenvalue weighted by Gasteiger charge is -2.55. The number of hydrogen-bond acceptors (Lipinski definition) is 2. The molecule has 2 aromatic carbocycles. The van der Waals surface area contributed by atoms with Crippen molar-refractivity contribution in [3.63, 3.8) is 0 Å². The second kappa shape index (κ2) is 7.33. The van der Waals surface area contributed by atoms with Gasteiger partial charge in [0.2, 0.25) is 0 Å². The number of piperidine rings is 1. The molecule has 2 fully saturated rings. The number of nitrogens with one attached hydrogen (secondary N) is 1. The molecule has 4 heteroatoms. The Hall–Kier alpha value is -1.88. The van der Waals surface area contributed by atoms with E-state index in [1.165, 1.54) is 33.3 Å². The Labute approximate surface area is 192 Å².